The molecule has 0 radical (unpaired) electrons. The van der Waals surface area contributed by atoms with E-state index in [1.807, 2.05) is 6.92 Å². The summed E-state index contributed by atoms with van der Waals surface area (Å²) in [4.78, 5) is 23.1. The summed E-state index contributed by atoms with van der Waals surface area (Å²) < 4.78 is 19.8. The third kappa shape index (κ3) is 3.26. The predicted octanol–water partition coefficient (Wildman–Crippen LogP) is 4.54. The monoisotopic (exact) mass is 357 g/mol. The molecule has 0 saturated heterocycles. The second-order valence-corrected chi connectivity index (χ2v) is 5.66. The molecule has 7 nitrogen and oxygen atoms in total. The second-order valence-electron chi connectivity index (χ2n) is 5.66. The molecule has 1 aromatic heterocycles. The van der Waals surface area contributed by atoms with Gasteiger partial charge in [0.15, 0.2) is 0 Å². The molecule has 1 heterocycles. The van der Waals surface area contributed by atoms with E-state index in [9.17, 15) is 19.3 Å². The molecule has 0 bridgehead atoms. The first-order valence-electron chi connectivity index (χ1n) is 8.12. The molecule has 26 heavy (non-hydrogen) atoms. The number of benzene rings is 2. The topological polar surface area (TPSA) is 87.3 Å². The van der Waals surface area contributed by atoms with E-state index in [0.29, 0.717) is 11.8 Å². The van der Waals surface area contributed by atoms with Crippen molar-refractivity contribution in [2.24, 2.45) is 0 Å². The Balaban J connectivity index is 2.16. The number of ether oxygens (including phenoxy) is 1. The molecule has 2 aromatic carbocycles. The lowest BCUT2D eigenvalue weighted by Crippen LogP contribution is -2.15. The van der Waals surface area contributed by atoms with Crippen molar-refractivity contribution in [3.8, 4) is 11.3 Å². The maximum atomic E-state index is 13.7. The molecule has 0 atom stereocenters. The molecule has 0 spiro atoms. The summed E-state index contributed by atoms with van der Waals surface area (Å²) in [5.41, 5.74) is 0.510. The highest BCUT2D eigenvalue weighted by Crippen LogP contribution is 2.34. The zero-order chi connectivity index (χ0) is 18.7. The Hall–Kier alpha value is -3.29. The van der Waals surface area contributed by atoms with Crippen molar-refractivity contribution in [1.82, 2.24) is 9.78 Å². The van der Waals surface area contributed by atoms with E-state index in [1.54, 1.807) is 12.1 Å². The maximum Gasteiger partial charge on any atom is 0.435 e. The largest absolute Gasteiger partial charge is 0.448 e. The number of carbonyl (C=O) groups is 1. The van der Waals surface area contributed by atoms with Gasteiger partial charge in [-0.15, -0.1) is 0 Å². The van der Waals surface area contributed by atoms with Gasteiger partial charge in [-0.1, -0.05) is 25.5 Å². The Bertz CT molecular complexity index is 984. The van der Waals surface area contributed by atoms with Gasteiger partial charge >= 0.3 is 6.09 Å². The van der Waals surface area contributed by atoms with Crippen molar-refractivity contribution >= 4 is 22.7 Å². The standard InChI is InChI=1S/C18H16FN3O4/c1-2-3-10-26-18(23)21-16-11-12(19)8-9-14(16)17(20-21)13-6-4-5-7-15(13)22(24)25/h4-9,11H,2-3,10H2,1H3. The van der Waals surface area contributed by atoms with Gasteiger partial charge in [0.05, 0.1) is 22.6 Å². The number of nitro benzene ring substituents is 1. The zero-order valence-electron chi connectivity index (χ0n) is 14.0. The summed E-state index contributed by atoms with van der Waals surface area (Å²) in [5.74, 6) is -0.547. The van der Waals surface area contributed by atoms with Crippen LogP contribution in [0.25, 0.3) is 22.2 Å². The molecule has 3 rings (SSSR count). The number of carbonyl (C=O) groups excluding carboxylic acids is 1. The van der Waals surface area contributed by atoms with Crippen molar-refractivity contribution in [2.75, 3.05) is 6.61 Å². The van der Waals surface area contributed by atoms with Gasteiger partial charge in [-0.25, -0.2) is 9.18 Å². The van der Waals surface area contributed by atoms with E-state index in [2.05, 4.69) is 5.10 Å². The Morgan fingerprint density at radius 1 is 1.31 bits per heavy atom. The Morgan fingerprint density at radius 3 is 2.81 bits per heavy atom. The van der Waals surface area contributed by atoms with E-state index >= 15 is 0 Å². The molecular weight excluding hydrogens is 341 g/mol. The number of nitrogens with zero attached hydrogens (tertiary/aromatic N) is 3. The minimum Gasteiger partial charge on any atom is -0.448 e. The van der Waals surface area contributed by atoms with Gasteiger partial charge in [0, 0.05) is 17.5 Å². The molecule has 8 heteroatoms. The third-order valence-electron chi connectivity index (χ3n) is 3.90. The first-order valence-corrected chi connectivity index (χ1v) is 8.12. The third-order valence-corrected chi connectivity index (χ3v) is 3.90. The van der Waals surface area contributed by atoms with Crippen molar-refractivity contribution in [2.45, 2.75) is 19.8 Å². The number of fused-ring (bicyclic) bond motifs is 1. The lowest BCUT2D eigenvalue weighted by molar-refractivity contribution is -0.384. The van der Waals surface area contributed by atoms with E-state index in [-0.39, 0.29) is 29.1 Å². The lowest BCUT2D eigenvalue weighted by atomic mass is 10.1. The molecule has 0 amide bonds. The predicted molar refractivity (Wildman–Crippen MR) is 93.4 cm³/mol. The van der Waals surface area contributed by atoms with E-state index in [1.165, 1.54) is 24.3 Å². The number of unbranched alkanes of at least 4 members (excludes halogenated alkanes) is 1. The highest BCUT2D eigenvalue weighted by Gasteiger charge is 2.23. The SMILES string of the molecule is CCCCOC(=O)n1nc(-c2ccccc2[N+](=O)[O-])c2ccc(F)cc21. The van der Waals surface area contributed by atoms with Crippen LogP contribution >= 0.6 is 0 Å². The molecule has 3 aromatic rings. The smallest absolute Gasteiger partial charge is 0.435 e. The van der Waals surface area contributed by atoms with Gasteiger partial charge in [-0.3, -0.25) is 10.1 Å². The molecule has 0 saturated carbocycles. The van der Waals surface area contributed by atoms with Crippen LogP contribution < -0.4 is 0 Å². The summed E-state index contributed by atoms with van der Waals surface area (Å²) >= 11 is 0. The van der Waals surface area contributed by atoms with Crippen LogP contribution in [0, 0.1) is 15.9 Å². The number of nitro groups is 1. The van der Waals surface area contributed by atoms with Crippen LogP contribution in [0.1, 0.15) is 19.8 Å². The van der Waals surface area contributed by atoms with E-state index in [0.717, 1.165) is 17.2 Å². The van der Waals surface area contributed by atoms with E-state index in [4.69, 9.17) is 4.74 Å². The van der Waals surface area contributed by atoms with E-state index < -0.39 is 16.8 Å². The molecule has 0 aliphatic carbocycles. The van der Waals surface area contributed by atoms with Gasteiger partial charge in [-0.2, -0.15) is 9.78 Å². The minimum absolute atomic E-state index is 0.150. The van der Waals surface area contributed by atoms with Crippen LogP contribution in [0.5, 0.6) is 0 Å². The van der Waals surface area contributed by atoms with Crippen molar-refractivity contribution in [3.63, 3.8) is 0 Å². The minimum atomic E-state index is -0.751. The zero-order valence-corrected chi connectivity index (χ0v) is 14.0. The summed E-state index contributed by atoms with van der Waals surface area (Å²) in [6.07, 6.45) is 0.790. The highest BCUT2D eigenvalue weighted by molar-refractivity contribution is 5.99. The molecule has 0 fully saturated rings. The van der Waals surface area contributed by atoms with Crippen LogP contribution in [-0.4, -0.2) is 27.4 Å². The summed E-state index contributed by atoms with van der Waals surface area (Å²) in [7, 11) is 0. The lowest BCUT2D eigenvalue weighted by Gasteiger charge is -2.04. The van der Waals surface area contributed by atoms with Crippen LogP contribution in [0.2, 0.25) is 0 Å². The molecular formula is C18H16FN3O4. The molecule has 0 unspecified atom stereocenters. The van der Waals surface area contributed by atoms with Crippen LogP contribution in [0.15, 0.2) is 42.5 Å². The number of para-hydroxylation sites is 1. The summed E-state index contributed by atoms with van der Waals surface area (Å²) in [5, 5.41) is 15.9. The number of hydrogen-bond donors (Lipinski definition) is 0. The van der Waals surface area contributed by atoms with Gasteiger partial charge in [-0.05, 0) is 24.6 Å². The first kappa shape index (κ1) is 17.5. The maximum absolute atomic E-state index is 13.7. The van der Waals surface area contributed by atoms with Gasteiger partial charge < -0.3 is 4.74 Å². The van der Waals surface area contributed by atoms with Gasteiger partial charge in [0.25, 0.3) is 5.69 Å². The normalized spacial score (nSPS) is 10.8. The molecule has 134 valence electrons. The Kier molecular flexibility index (Phi) is 4.92. The number of rotatable bonds is 5. The summed E-state index contributed by atoms with van der Waals surface area (Å²) in [6, 6.07) is 9.88. The number of hydrogen-bond acceptors (Lipinski definition) is 5. The quantitative estimate of drug-likeness (QED) is 0.380. The Labute approximate surface area is 148 Å². The average Bonchev–Trinajstić information content (AvgIpc) is 3.00. The Morgan fingerprint density at radius 2 is 2.08 bits per heavy atom. The van der Waals surface area contributed by atoms with Crippen LogP contribution in [0.3, 0.4) is 0 Å². The molecule has 0 aliphatic heterocycles. The second kappa shape index (κ2) is 7.30. The highest BCUT2D eigenvalue weighted by atomic mass is 19.1. The van der Waals surface area contributed by atoms with Crippen molar-refractivity contribution in [3.05, 3.63) is 58.4 Å². The molecule has 0 aliphatic rings. The first-order chi connectivity index (χ1) is 12.5. The summed E-state index contributed by atoms with van der Waals surface area (Å²) in [6.45, 7) is 2.17. The van der Waals surface area contributed by atoms with Crippen molar-refractivity contribution in [1.29, 1.82) is 0 Å². The fourth-order valence-corrected chi connectivity index (χ4v) is 2.62. The van der Waals surface area contributed by atoms with Gasteiger partial charge in [0.2, 0.25) is 0 Å². The number of aromatic nitrogens is 2. The van der Waals surface area contributed by atoms with Crippen molar-refractivity contribution < 1.29 is 18.8 Å². The fourth-order valence-electron chi connectivity index (χ4n) is 2.62. The number of halogens is 1. The fraction of sp³-hybridized carbons (Fsp3) is 0.222. The van der Waals surface area contributed by atoms with Crippen LogP contribution in [-0.2, 0) is 4.74 Å². The van der Waals surface area contributed by atoms with Crippen LogP contribution in [0.4, 0.5) is 14.9 Å². The van der Waals surface area contributed by atoms with Gasteiger partial charge in [0.1, 0.15) is 11.5 Å². The average molecular weight is 357 g/mol. The molecule has 0 N–H and O–H groups in total.